The molecule has 0 fully saturated rings. The van der Waals surface area contributed by atoms with Gasteiger partial charge in [-0.1, -0.05) is 74.7 Å². The van der Waals surface area contributed by atoms with Crippen LogP contribution >= 0.6 is 0 Å². The van der Waals surface area contributed by atoms with Crippen molar-refractivity contribution >= 4 is 5.97 Å². The van der Waals surface area contributed by atoms with Gasteiger partial charge in [-0.05, 0) is 23.2 Å². The Bertz CT molecular complexity index is 333. The molecule has 0 amide bonds. The molecular weight excluding hydrogens is 288 g/mol. The highest BCUT2D eigenvalue weighted by Gasteiger charge is 2.57. The Balaban J connectivity index is 5.30. The van der Waals surface area contributed by atoms with Crippen molar-refractivity contribution in [3.05, 3.63) is 0 Å². The van der Waals surface area contributed by atoms with Gasteiger partial charge in [-0.15, -0.1) is 0 Å². The molecule has 0 saturated heterocycles. The van der Waals surface area contributed by atoms with Crippen molar-refractivity contribution in [3.63, 3.8) is 0 Å². The molecule has 0 aliphatic rings. The highest BCUT2D eigenvalue weighted by Crippen LogP contribution is 2.52. The second-order valence-corrected chi connectivity index (χ2v) is 8.85. The third kappa shape index (κ3) is 5.48. The van der Waals surface area contributed by atoms with Crippen molar-refractivity contribution < 1.29 is 14.3 Å². The standard InChI is InChI=1S/C20H40O3/c1-10-12-13-16(11-2)14-23-17(21)20(15-22-9,18(3,4)5)19(6,7)8/h16H,10-15H2,1-9H3. The predicted molar refractivity (Wildman–Crippen MR) is 97.5 cm³/mol. The van der Waals surface area contributed by atoms with Crippen LogP contribution in [0.4, 0.5) is 0 Å². The first-order valence-corrected chi connectivity index (χ1v) is 9.14. The summed E-state index contributed by atoms with van der Waals surface area (Å²) in [5, 5.41) is 0. The van der Waals surface area contributed by atoms with Gasteiger partial charge in [-0.25, -0.2) is 0 Å². The van der Waals surface area contributed by atoms with Gasteiger partial charge in [-0.2, -0.15) is 0 Å². The lowest BCUT2D eigenvalue weighted by atomic mass is 9.54. The first kappa shape index (κ1) is 22.4. The first-order valence-electron chi connectivity index (χ1n) is 9.14. The maximum atomic E-state index is 13.1. The molecule has 0 bridgehead atoms. The Hall–Kier alpha value is -0.570. The molecule has 138 valence electrons. The van der Waals surface area contributed by atoms with Gasteiger partial charge in [0.05, 0.1) is 13.2 Å². The van der Waals surface area contributed by atoms with E-state index in [9.17, 15) is 4.79 Å². The maximum absolute atomic E-state index is 13.1. The van der Waals surface area contributed by atoms with E-state index in [-0.39, 0.29) is 16.8 Å². The summed E-state index contributed by atoms with van der Waals surface area (Å²) >= 11 is 0. The lowest BCUT2D eigenvalue weighted by Crippen LogP contribution is -2.56. The fourth-order valence-electron chi connectivity index (χ4n) is 3.66. The summed E-state index contributed by atoms with van der Waals surface area (Å²) in [6.45, 7) is 17.9. The van der Waals surface area contributed by atoms with E-state index in [1.54, 1.807) is 7.11 Å². The average molecular weight is 329 g/mol. The van der Waals surface area contributed by atoms with Gasteiger partial charge in [0, 0.05) is 7.11 Å². The number of ether oxygens (including phenoxy) is 2. The molecule has 3 heteroatoms. The summed E-state index contributed by atoms with van der Waals surface area (Å²) in [6, 6.07) is 0. The van der Waals surface area contributed by atoms with Crippen LogP contribution in [0.3, 0.4) is 0 Å². The molecule has 0 aliphatic carbocycles. The monoisotopic (exact) mass is 328 g/mol. The van der Waals surface area contributed by atoms with E-state index >= 15 is 0 Å². The van der Waals surface area contributed by atoms with Crippen LogP contribution < -0.4 is 0 Å². The van der Waals surface area contributed by atoms with E-state index in [2.05, 4.69) is 55.4 Å². The number of methoxy groups -OCH3 is 1. The first-order chi connectivity index (χ1) is 10.5. The van der Waals surface area contributed by atoms with Crippen molar-refractivity contribution in [1.82, 2.24) is 0 Å². The highest BCUT2D eigenvalue weighted by atomic mass is 16.5. The molecule has 0 aromatic heterocycles. The molecule has 0 aliphatic heterocycles. The molecule has 0 spiro atoms. The zero-order valence-electron chi connectivity index (χ0n) is 17.0. The average Bonchev–Trinajstić information content (AvgIpc) is 2.41. The lowest BCUT2D eigenvalue weighted by molar-refractivity contribution is -0.185. The van der Waals surface area contributed by atoms with Crippen LogP contribution in [0.5, 0.6) is 0 Å². The molecule has 23 heavy (non-hydrogen) atoms. The van der Waals surface area contributed by atoms with Crippen LogP contribution in [0.1, 0.15) is 81.1 Å². The number of esters is 1. The van der Waals surface area contributed by atoms with E-state index in [4.69, 9.17) is 9.47 Å². The minimum absolute atomic E-state index is 0.116. The van der Waals surface area contributed by atoms with Crippen molar-refractivity contribution in [2.75, 3.05) is 20.3 Å². The molecule has 0 saturated carbocycles. The zero-order valence-corrected chi connectivity index (χ0v) is 17.0. The summed E-state index contributed by atoms with van der Waals surface area (Å²) < 4.78 is 11.3. The smallest absolute Gasteiger partial charge is 0.315 e. The molecular formula is C20H40O3. The third-order valence-electron chi connectivity index (χ3n) is 5.26. The van der Waals surface area contributed by atoms with Crippen LogP contribution in [0.25, 0.3) is 0 Å². The summed E-state index contributed by atoms with van der Waals surface area (Å²) in [4.78, 5) is 13.1. The van der Waals surface area contributed by atoms with Crippen molar-refractivity contribution in [1.29, 1.82) is 0 Å². The highest BCUT2D eigenvalue weighted by molar-refractivity contribution is 5.79. The Labute approximate surface area is 144 Å². The van der Waals surface area contributed by atoms with Gasteiger partial charge in [0.1, 0.15) is 5.41 Å². The van der Waals surface area contributed by atoms with Crippen LogP contribution in [0.2, 0.25) is 0 Å². The second kappa shape index (κ2) is 9.05. The fourth-order valence-corrected chi connectivity index (χ4v) is 3.66. The summed E-state index contributed by atoms with van der Waals surface area (Å²) in [5.74, 6) is 0.341. The van der Waals surface area contributed by atoms with E-state index in [0.717, 1.165) is 12.8 Å². The number of rotatable bonds is 9. The normalized spacial score (nSPS) is 14.7. The van der Waals surface area contributed by atoms with Gasteiger partial charge in [0.2, 0.25) is 0 Å². The Kier molecular flexibility index (Phi) is 8.83. The number of unbranched alkanes of at least 4 members (excludes halogenated alkanes) is 1. The number of hydrogen-bond donors (Lipinski definition) is 0. The summed E-state index contributed by atoms with van der Waals surface area (Å²) in [7, 11) is 1.66. The van der Waals surface area contributed by atoms with Crippen LogP contribution in [0.15, 0.2) is 0 Å². The minimum Gasteiger partial charge on any atom is -0.465 e. The molecule has 0 rings (SSSR count). The van der Waals surface area contributed by atoms with Gasteiger partial charge < -0.3 is 9.47 Å². The zero-order chi connectivity index (χ0) is 18.3. The van der Waals surface area contributed by atoms with E-state index < -0.39 is 5.41 Å². The van der Waals surface area contributed by atoms with Crippen LogP contribution in [-0.4, -0.2) is 26.3 Å². The van der Waals surface area contributed by atoms with Gasteiger partial charge >= 0.3 is 5.97 Å². The Morgan fingerprint density at radius 2 is 1.52 bits per heavy atom. The molecule has 1 atom stereocenters. The van der Waals surface area contributed by atoms with E-state index in [1.807, 2.05) is 0 Å². The molecule has 0 N–H and O–H groups in total. The largest absolute Gasteiger partial charge is 0.465 e. The van der Waals surface area contributed by atoms with Gasteiger partial charge in [0.25, 0.3) is 0 Å². The minimum atomic E-state index is -0.669. The SMILES string of the molecule is CCCCC(CC)COC(=O)C(COC)(C(C)(C)C)C(C)(C)C. The van der Waals surface area contributed by atoms with Crippen molar-refractivity contribution in [2.24, 2.45) is 22.2 Å². The maximum Gasteiger partial charge on any atom is 0.315 e. The molecule has 0 aromatic rings. The Morgan fingerprint density at radius 3 is 1.87 bits per heavy atom. The molecule has 0 radical (unpaired) electrons. The van der Waals surface area contributed by atoms with Crippen LogP contribution in [-0.2, 0) is 14.3 Å². The fraction of sp³-hybridized carbons (Fsp3) is 0.950. The molecule has 3 nitrogen and oxygen atoms in total. The van der Waals surface area contributed by atoms with Gasteiger partial charge in [0.15, 0.2) is 0 Å². The van der Waals surface area contributed by atoms with Crippen LogP contribution in [0, 0.1) is 22.2 Å². The van der Waals surface area contributed by atoms with E-state index in [0.29, 0.717) is 19.1 Å². The molecule has 1 unspecified atom stereocenters. The quantitative estimate of drug-likeness (QED) is 0.526. The lowest BCUT2D eigenvalue weighted by Gasteiger charge is -2.50. The van der Waals surface area contributed by atoms with Gasteiger partial charge in [-0.3, -0.25) is 4.79 Å². The topological polar surface area (TPSA) is 35.5 Å². The van der Waals surface area contributed by atoms with E-state index in [1.165, 1.54) is 12.8 Å². The Morgan fingerprint density at radius 1 is 1.00 bits per heavy atom. The number of hydrogen-bond acceptors (Lipinski definition) is 3. The predicted octanol–water partition coefficient (Wildman–Crippen LogP) is 5.47. The number of carbonyl (C=O) groups excluding carboxylic acids is 1. The summed E-state index contributed by atoms with van der Waals surface area (Å²) in [6.07, 6.45) is 4.55. The molecule has 0 heterocycles. The second-order valence-electron chi connectivity index (χ2n) is 8.85. The third-order valence-corrected chi connectivity index (χ3v) is 5.26. The van der Waals surface area contributed by atoms with Crippen molar-refractivity contribution in [3.8, 4) is 0 Å². The summed E-state index contributed by atoms with van der Waals surface area (Å²) in [5.41, 5.74) is -1.16. The molecule has 0 aromatic carbocycles. The van der Waals surface area contributed by atoms with Crippen molar-refractivity contribution in [2.45, 2.75) is 81.1 Å². The number of carbonyl (C=O) groups is 1.